The maximum atomic E-state index is 10.5. The first-order chi connectivity index (χ1) is 8.04. The van der Waals surface area contributed by atoms with Crippen molar-refractivity contribution < 1.29 is 14.6 Å². The normalized spacial score (nSPS) is 12.2. The topological polar surface area (TPSA) is 72.5 Å². The van der Waals surface area contributed by atoms with Crippen LogP contribution in [-0.2, 0) is 11.2 Å². The molecule has 1 unspecified atom stereocenters. The van der Waals surface area contributed by atoms with Gasteiger partial charge in [-0.25, -0.2) is 0 Å². The molecule has 17 heavy (non-hydrogen) atoms. The van der Waals surface area contributed by atoms with Crippen LogP contribution in [0.1, 0.15) is 18.4 Å². The summed E-state index contributed by atoms with van der Waals surface area (Å²) < 4.78 is 6.03. The maximum absolute atomic E-state index is 10.5. The predicted molar refractivity (Wildman–Crippen MR) is 69.2 cm³/mol. The number of rotatable bonds is 6. The molecule has 0 aliphatic carbocycles. The molecule has 94 valence electrons. The highest BCUT2D eigenvalue weighted by Gasteiger charge is 2.10. The minimum absolute atomic E-state index is 0.485. The van der Waals surface area contributed by atoms with Gasteiger partial charge in [-0.05, 0) is 52.9 Å². The highest BCUT2D eigenvalue weighted by molar-refractivity contribution is 9.10. The molecule has 0 aliphatic heterocycles. The van der Waals surface area contributed by atoms with Gasteiger partial charge in [0.2, 0.25) is 0 Å². The van der Waals surface area contributed by atoms with E-state index in [1.54, 1.807) is 7.11 Å². The van der Waals surface area contributed by atoms with Crippen LogP contribution in [0.15, 0.2) is 22.7 Å². The second-order valence-corrected chi connectivity index (χ2v) is 4.66. The van der Waals surface area contributed by atoms with E-state index in [0.717, 1.165) is 28.6 Å². The standard InChI is InChI=1S/C12H16BrNO3/c1-17-11-6-5-8(7-9(11)13)3-2-4-10(14)12(15)16/h5-7,10H,2-4,14H2,1H3,(H,15,16). The molecule has 4 nitrogen and oxygen atoms in total. The predicted octanol–water partition coefficient (Wildman–Crippen LogP) is 2.19. The van der Waals surface area contributed by atoms with Crippen LogP contribution in [-0.4, -0.2) is 24.2 Å². The third-order valence-corrected chi connectivity index (χ3v) is 3.13. The van der Waals surface area contributed by atoms with E-state index in [2.05, 4.69) is 15.9 Å². The van der Waals surface area contributed by atoms with Gasteiger partial charge in [-0.15, -0.1) is 0 Å². The fourth-order valence-corrected chi connectivity index (χ4v) is 2.10. The van der Waals surface area contributed by atoms with Crippen molar-refractivity contribution in [2.24, 2.45) is 5.73 Å². The number of benzene rings is 1. The third-order valence-electron chi connectivity index (χ3n) is 2.51. The Labute approximate surface area is 109 Å². The molecule has 0 radical (unpaired) electrons. The lowest BCUT2D eigenvalue weighted by Gasteiger charge is -2.08. The number of nitrogens with two attached hydrogens (primary N) is 1. The van der Waals surface area contributed by atoms with Gasteiger partial charge >= 0.3 is 5.97 Å². The molecule has 0 fully saturated rings. The van der Waals surface area contributed by atoms with Crippen LogP contribution < -0.4 is 10.5 Å². The first kappa shape index (κ1) is 14.0. The van der Waals surface area contributed by atoms with Crippen molar-refractivity contribution in [3.05, 3.63) is 28.2 Å². The Morgan fingerprint density at radius 2 is 2.29 bits per heavy atom. The Bertz CT molecular complexity index is 395. The lowest BCUT2D eigenvalue weighted by molar-refractivity contribution is -0.138. The molecule has 1 atom stereocenters. The van der Waals surface area contributed by atoms with E-state index >= 15 is 0 Å². The second-order valence-electron chi connectivity index (χ2n) is 3.81. The van der Waals surface area contributed by atoms with Crippen molar-refractivity contribution in [1.82, 2.24) is 0 Å². The van der Waals surface area contributed by atoms with Crippen molar-refractivity contribution in [2.75, 3.05) is 7.11 Å². The van der Waals surface area contributed by atoms with Crippen LogP contribution in [0.4, 0.5) is 0 Å². The highest BCUT2D eigenvalue weighted by Crippen LogP contribution is 2.26. The summed E-state index contributed by atoms with van der Waals surface area (Å²) in [5, 5.41) is 8.64. The number of methoxy groups -OCH3 is 1. The third kappa shape index (κ3) is 4.36. The number of ether oxygens (including phenoxy) is 1. The molecule has 1 aromatic rings. The first-order valence-electron chi connectivity index (χ1n) is 5.35. The van der Waals surface area contributed by atoms with Gasteiger partial charge in [0.05, 0.1) is 11.6 Å². The maximum Gasteiger partial charge on any atom is 0.320 e. The van der Waals surface area contributed by atoms with Gasteiger partial charge < -0.3 is 15.6 Å². The number of aryl methyl sites for hydroxylation is 1. The van der Waals surface area contributed by atoms with E-state index in [0.29, 0.717) is 6.42 Å². The lowest BCUT2D eigenvalue weighted by Crippen LogP contribution is -2.29. The van der Waals surface area contributed by atoms with Crippen LogP contribution in [0.2, 0.25) is 0 Å². The Hall–Kier alpha value is -1.07. The van der Waals surface area contributed by atoms with E-state index in [-0.39, 0.29) is 0 Å². The molecule has 0 aromatic heterocycles. The van der Waals surface area contributed by atoms with Gasteiger partial charge in [0, 0.05) is 0 Å². The van der Waals surface area contributed by atoms with Crippen molar-refractivity contribution in [3.63, 3.8) is 0 Å². The largest absolute Gasteiger partial charge is 0.496 e. The zero-order valence-electron chi connectivity index (χ0n) is 9.65. The second kappa shape index (κ2) is 6.61. The summed E-state index contributed by atoms with van der Waals surface area (Å²) in [5.74, 6) is -0.156. The van der Waals surface area contributed by atoms with Crippen LogP contribution in [0, 0.1) is 0 Å². The summed E-state index contributed by atoms with van der Waals surface area (Å²) in [5.41, 5.74) is 6.56. The molecule has 3 N–H and O–H groups in total. The van der Waals surface area contributed by atoms with Gasteiger partial charge in [-0.3, -0.25) is 4.79 Å². The van der Waals surface area contributed by atoms with Crippen molar-refractivity contribution in [2.45, 2.75) is 25.3 Å². The molecule has 0 bridgehead atoms. The SMILES string of the molecule is COc1ccc(CCCC(N)C(=O)O)cc1Br. The molecule has 0 saturated heterocycles. The number of hydrogen-bond acceptors (Lipinski definition) is 3. The van der Waals surface area contributed by atoms with Crippen molar-refractivity contribution in [3.8, 4) is 5.75 Å². The number of carboxylic acids is 1. The van der Waals surface area contributed by atoms with Crippen LogP contribution in [0.5, 0.6) is 5.75 Å². The summed E-state index contributed by atoms with van der Waals surface area (Å²) in [6, 6.07) is 5.06. The van der Waals surface area contributed by atoms with Gasteiger partial charge in [0.25, 0.3) is 0 Å². The van der Waals surface area contributed by atoms with E-state index in [4.69, 9.17) is 15.6 Å². The Morgan fingerprint density at radius 3 is 2.82 bits per heavy atom. The molecule has 5 heteroatoms. The summed E-state index contributed by atoms with van der Waals surface area (Å²) in [6.07, 6.45) is 2.05. The minimum Gasteiger partial charge on any atom is -0.496 e. The molecule has 0 amide bonds. The Kier molecular flexibility index (Phi) is 5.44. The van der Waals surface area contributed by atoms with Gasteiger partial charge in [-0.2, -0.15) is 0 Å². The molecule has 0 saturated carbocycles. The number of hydrogen-bond donors (Lipinski definition) is 2. The molecule has 1 aromatic carbocycles. The quantitative estimate of drug-likeness (QED) is 0.845. The lowest BCUT2D eigenvalue weighted by atomic mass is 10.1. The summed E-state index contributed by atoms with van der Waals surface area (Å²) >= 11 is 3.41. The van der Waals surface area contributed by atoms with Crippen molar-refractivity contribution in [1.29, 1.82) is 0 Å². The average molecular weight is 302 g/mol. The number of carbonyl (C=O) groups is 1. The zero-order valence-corrected chi connectivity index (χ0v) is 11.2. The highest BCUT2D eigenvalue weighted by atomic mass is 79.9. The van der Waals surface area contributed by atoms with Crippen molar-refractivity contribution >= 4 is 21.9 Å². The summed E-state index contributed by atoms with van der Waals surface area (Å²) in [6.45, 7) is 0. The van der Waals surface area contributed by atoms with Crippen LogP contribution >= 0.6 is 15.9 Å². The van der Waals surface area contributed by atoms with E-state index < -0.39 is 12.0 Å². The van der Waals surface area contributed by atoms with Gasteiger partial charge in [0.15, 0.2) is 0 Å². The summed E-state index contributed by atoms with van der Waals surface area (Å²) in [7, 11) is 1.62. The first-order valence-corrected chi connectivity index (χ1v) is 6.14. The van der Waals surface area contributed by atoms with E-state index in [1.165, 1.54) is 0 Å². The Balaban J connectivity index is 2.47. The minimum atomic E-state index is -0.944. The fraction of sp³-hybridized carbons (Fsp3) is 0.417. The monoisotopic (exact) mass is 301 g/mol. The molecule has 0 aliphatic rings. The van der Waals surface area contributed by atoms with Crippen LogP contribution in [0.25, 0.3) is 0 Å². The van der Waals surface area contributed by atoms with E-state index in [1.807, 2.05) is 18.2 Å². The number of aliphatic carboxylic acids is 1. The average Bonchev–Trinajstić information content (AvgIpc) is 2.29. The molecule has 1 rings (SSSR count). The van der Waals surface area contributed by atoms with Crippen LogP contribution in [0.3, 0.4) is 0 Å². The van der Waals surface area contributed by atoms with Gasteiger partial charge in [-0.1, -0.05) is 6.07 Å². The number of carboxylic acid groups (broad SMARTS) is 1. The molecule has 0 heterocycles. The fourth-order valence-electron chi connectivity index (χ4n) is 1.51. The molecular formula is C12H16BrNO3. The van der Waals surface area contributed by atoms with E-state index in [9.17, 15) is 4.79 Å². The summed E-state index contributed by atoms with van der Waals surface area (Å²) in [4.78, 5) is 10.5. The molecular weight excluding hydrogens is 286 g/mol. The van der Waals surface area contributed by atoms with Gasteiger partial charge in [0.1, 0.15) is 11.8 Å². The molecule has 0 spiro atoms. The zero-order chi connectivity index (χ0) is 12.8. The Morgan fingerprint density at radius 1 is 1.59 bits per heavy atom. The number of halogens is 1. The smallest absolute Gasteiger partial charge is 0.320 e.